The van der Waals surface area contributed by atoms with Crippen molar-refractivity contribution in [3.8, 4) is 0 Å². The van der Waals surface area contributed by atoms with Crippen molar-refractivity contribution in [2.45, 2.75) is 53.9 Å². The molecule has 16 heavy (non-hydrogen) atoms. The van der Waals surface area contributed by atoms with Gasteiger partial charge in [0.15, 0.2) is 0 Å². The van der Waals surface area contributed by atoms with E-state index in [2.05, 4.69) is 26.8 Å². The maximum absolute atomic E-state index is 10.9. The molecule has 0 fully saturated rings. The first-order valence-corrected chi connectivity index (χ1v) is 5.78. The lowest BCUT2D eigenvalue weighted by Gasteiger charge is -2.16. The predicted molar refractivity (Wildman–Crippen MR) is 68.5 cm³/mol. The first-order valence-electron chi connectivity index (χ1n) is 5.78. The highest BCUT2D eigenvalue weighted by atomic mass is 16.4. The second kappa shape index (κ2) is 6.51. The van der Waals surface area contributed by atoms with Crippen LogP contribution in [0.15, 0.2) is 23.3 Å². The first kappa shape index (κ1) is 14.9. The van der Waals surface area contributed by atoms with Gasteiger partial charge >= 0.3 is 5.97 Å². The second-order valence-corrected chi connectivity index (χ2v) is 5.26. The largest absolute Gasteiger partial charge is 0.481 e. The Kier molecular flexibility index (Phi) is 6.09. The fraction of sp³-hybridized carbons (Fsp3) is 0.643. The molecule has 0 bridgehead atoms. The van der Waals surface area contributed by atoms with E-state index in [9.17, 15) is 4.79 Å². The monoisotopic (exact) mass is 224 g/mol. The van der Waals surface area contributed by atoms with Crippen LogP contribution in [0.2, 0.25) is 0 Å². The van der Waals surface area contributed by atoms with Crippen LogP contribution in [0.4, 0.5) is 0 Å². The molecule has 0 aromatic rings. The van der Waals surface area contributed by atoms with Crippen LogP contribution in [0.1, 0.15) is 53.9 Å². The highest BCUT2D eigenvalue weighted by Gasteiger charge is 2.25. The fourth-order valence-electron chi connectivity index (χ4n) is 1.21. The molecule has 0 aliphatic carbocycles. The summed E-state index contributed by atoms with van der Waals surface area (Å²) < 4.78 is 0. The maximum atomic E-state index is 10.9. The van der Waals surface area contributed by atoms with E-state index in [-0.39, 0.29) is 0 Å². The smallest absolute Gasteiger partial charge is 0.309 e. The quantitative estimate of drug-likeness (QED) is 0.687. The van der Waals surface area contributed by atoms with E-state index in [1.54, 1.807) is 13.8 Å². The van der Waals surface area contributed by atoms with Crippen LogP contribution in [0.25, 0.3) is 0 Å². The van der Waals surface area contributed by atoms with Gasteiger partial charge in [-0.25, -0.2) is 0 Å². The predicted octanol–water partition coefficient (Wildman–Crippen LogP) is 4.18. The van der Waals surface area contributed by atoms with Gasteiger partial charge in [-0.05, 0) is 53.9 Å². The lowest BCUT2D eigenvalue weighted by molar-refractivity contribution is -0.146. The summed E-state index contributed by atoms with van der Waals surface area (Å²) in [6, 6.07) is 0. The zero-order chi connectivity index (χ0) is 12.8. The molecule has 0 atom stereocenters. The minimum atomic E-state index is -0.735. The Bertz CT molecular complexity index is 292. The average Bonchev–Trinajstić information content (AvgIpc) is 2.14. The third-order valence-electron chi connectivity index (χ3n) is 2.63. The zero-order valence-corrected chi connectivity index (χ0v) is 11.1. The number of hydrogen-bond donors (Lipinski definition) is 1. The highest BCUT2D eigenvalue weighted by molar-refractivity contribution is 5.73. The Labute approximate surface area is 99.1 Å². The van der Waals surface area contributed by atoms with Crippen LogP contribution in [-0.2, 0) is 4.79 Å². The van der Waals surface area contributed by atoms with Crippen LogP contribution in [0.3, 0.4) is 0 Å². The van der Waals surface area contributed by atoms with Crippen molar-refractivity contribution in [2.24, 2.45) is 5.41 Å². The molecule has 0 spiro atoms. The average molecular weight is 224 g/mol. The van der Waals surface area contributed by atoms with Gasteiger partial charge < -0.3 is 5.11 Å². The van der Waals surface area contributed by atoms with Crippen molar-refractivity contribution in [2.75, 3.05) is 0 Å². The molecule has 0 amide bonds. The fourth-order valence-corrected chi connectivity index (χ4v) is 1.21. The molecule has 0 radical (unpaired) electrons. The Morgan fingerprint density at radius 3 is 2.19 bits per heavy atom. The molecule has 0 aromatic heterocycles. The topological polar surface area (TPSA) is 37.3 Å². The Balaban J connectivity index is 4.15. The van der Waals surface area contributed by atoms with Gasteiger partial charge in [0.2, 0.25) is 0 Å². The molecule has 0 heterocycles. The zero-order valence-electron chi connectivity index (χ0n) is 11.1. The Morgan fingerprint density at radius 2 is 1.75 bits per heavy atom. The number of carboxylic acid groups (broad SMARTS) is 1. The summed E-state index contributed by atoms with van der Waals surface area (Å²) in [5.74, 6) is -0.735. The summed E-state index contributed by atoms with van der Waals surface area (Å²) in [6.07, 6.45) is 6.91. The standard InChI is InChI=1S/C14H24O2/c1-11(2)7-6-8-12(3)9-10-14(4,5)13(15)16/h7,9H,6,8,10H2,1-5H3,(H,15,16). The normalized spacial score (nSPS) is 12.4. The summed E-state index contributed by atoms with van der Waals surface area (Å²) in [4.78, 5) is 10.9. The number of aliphatic carboxylic acids is 1. The van der Waals surface area contributed by atoms with E-state index in [4.69, 9.17) is 5.11 Å². The third-order valence-corrected chi connectivity index (χ3v) is 2.63. The maximum Gasteiger partial charge on any atom is 0.309 e. The number of rotatable bonds is 6. The Hall–Kier alpha value is -1.05. The summed E-state index contributed by atoms with van der Waals surface area (Å²) in [5.41, 5.74) is 1.95. The summed E-state index contributed by atoms with van der Waals surface area (Å²) in [7, 11) is 0. The van der Waals surface area contributed by atoms with Gasteiger partial charge in [0.1, 0.15) is 0 Å². The van der Waals surface area contributed by atoms with Crippen LogP contribution in [-0.4, -0.2) is 11.1 Å². The molecule has 2 heteroatoms. The number of hydrogen-bond acceptors (Lipinski definition) is 1. The van der Waals surface area contributed by atoms with Gasteiger partial charge in [0.05, 0.1) is 5.41 Å². The van der Waals surface area contributed by atoms with Crippen LogP contribution < -0.4 is 0 Å². The van der Waals surface area contributed by atoms with Crippen LogP contribution >= 0.6 is 0 Å². The van der Waals surface area contributed by atoms with E-state index in [1.165, 1.54) is 11.1 Å². The lowest BCUT2D eigenvalue weighted by Crippen LogP contribution is -2.22. The highest BCUT2D eigenvalue weighted by Crippen LogP contribution is 2.22. The second-order valence-electron chi connectivity index (χ2n) is 5.26. The number of allylic oxidation sites excluding steroid dienone is 4. The summed E-state index contributed by atoms with van der Waals surface area (Å²) in [5, 5.41) is 8.96. The van der Waals surface area contributed by atoms with Crippen LogP contribution in [0.5, 0.6) is 0 Å². The van der Waals surface area contributed by atoms with Gasteiger partial charge in [0.25, 0.3) is 0 Å². The van der Waals surface area contributed by atoms with Crippen molar-refractivity contribution >= 4 is 5.97 Å². The van der Waals surface area contributed by atoms with Crippen molar-refractivity contribution < 1.29 is 9.90 Å². The van der Waals surface area contributed by atoms with Gasteiger partial charge in [-0.2, -0.15) is 0 Å². The molecule has 0 aliphatic rings. The summed E-state index contributed by atoms with van der Waals surface area (Å²) >= 11 is 0. The van der Waals surface area contributed by atoms with Crippen molar-refractivity contribution in [1.82, 2.24) is 0 Å². The van der Waals surface area contributed by atoms with E-state index in [0.717, 1.165) is 12.8 Å². The molecular formula is C14H24O2. The SMILES string of the molecule is CC(C)=CCCC(C)=CCC(C)(C)C(=O)O. The van der Waals surface area contributed by atoms with Crippen molar-refractivity contribution in [1.29, 1.82) is 0 Å². The molecule has 92 valence electrons. The number of carboxylic acids is 1. The molecule has 2 nitrogen and oxygen atoms in total. The summed E-state index contributed by atoms with van der Waals surface area (Å²) in [6.45, 7) is 9.76. The van der Waals surface area contributed by atoms with E-state index in [0.29, 0.717) is 6.42 Å². The van der Waals surface area contributed by atoms with Gasteiger partial charge in [-0.3, -0.25) is 4.79 Å². The molecular weight excluding hydrogens is 200 g/mol. The van der Waals surface area contributed by atoms with Gasteiger partial charge in [-0.1, -0.05) is 23.3 Å². The molecule has 0 rings (SSSR count). The minimum absolute atomic E-state index is 0.600. The first-order chi connectivity index (χ1) is 7.25. The van der Waals surface area contributed by atoms with Crippen molar-refractivity contribution in [3.05, 3.63) is 23.3 Å². The molecule has 0 aromatic carbocycles. The molecule has 0 saturated heterocycles. The molecule has 0 unspecified atom stereocenters. The minimum Gasteiger partial charge on any atom is -0.481 e. The van der Waals surface area contributed by atoms with Crippen molar-refractivity contribution in [3.63, 3.8) is 0 Å². The Morgan fingerprint density at radius 1 is 1.19 bits per heavy atom. The van der Waals surface area contributed by atoms with E-state index < -0.39 is 11.4 Å². The number of carbonyl (C=O) groups is 1. The molecule has 0 aliphatic heterocycles. The van der Waals surface area contributed by atoms with Gasteiger partial charge in [0, 0.05) is 0 Å². The molecule has 0 saturated carbocycles. The van der Waals surface area contributed by atoms with E-state index >= 15 is 0 Å². The van der Waals surface area contributed by atoms with E-state index in [1.807, 2.05) is 6.08 Å². The van der Waals surface area contributed by atoms with Crippen LogP contribution in [0, 0.1) is 5.41 Å². The third kappa shape index (κ3) is 6.44. The lowest BCUT2D eigenvalue weighted by atomic mass is 9.88. The molecule has 1 N–H and O–H groups in total. The van der Waals surface area contributed by atoms with Gasteiger partial charge in [-0.15, -0.1) is 0 Å².